The highest BCUT2D eigenvalue weighted by molar-refractivity contribution is 6.05. The van der Waals surface area contributed by atoms with E-state index in [1.54, 1.807) is 11.0 Å². The summed E-state index contributed by atoms with van der Waals surface area (Å²) in [6.45, 7) is 5.72. The molecule has 1 aliphatic carbocycles. The Morgan fingerprint density at radius 1 is 1.03 bits per heavy atom. The summed E-state index contributed by atoms with van der Waals surface area (Å²) in [4.78, 5) is 29.4. The molecule has 3 fully saturated rings. The van der Waals surface area contributed by atoms with Crippen molar-refractivity contribution in [2.45, 2.75) is 57.8 Å². The van der Waals surface area contributed by atoms with Gasteiger partial charge in [0, 0.05) is 23.9 Å². The van der Waals surface area contributed by atoms with Crippen LogP contribution in [0, 0.1) is 23.6 Å². The summed E-state index contributed by atoms with van der Waals surface area (Å²) in [5.41, 5.74) is 1.46. The van der Waals surface area contributed by atoms with Gasteiger partial charge in [-0.3, -0.25) is 14.5 Å². The number of hydrogen-bond donors (Lipinski definition) is 0. The first-order valence-corrected chi connectivity index (χ1v) is 12.1. The van der Waals surface area contributed by atoms with Gasteiger partial charge in [0.2, 0.25) is 11.8 Å². The first kappa shape index (κ1) is 21.6. The minimum absolute atomic E-state index is 0.0539. The number of nitrogens with zero attached hydrogens (tertiary/aromatic N) is 3. The molecule has 2 aromatic rings. The van der Waals surface area contributed by atoms with E-state index in [4.69, 9.17) is 4.52 Å². The van der Waals surface area contributed by atoms with E-state index in [-0.39, 0.29) is 29.5 Å². The van der Waals surface area contributed by atoms with Crippen molar-refractivity contribution in [1.29, 1.82) is 0 Å². The zero-order valence-electron chi connectivity index (χ0n) is 18.8. The van der Waals surface area contributed by atoms with Crippen LogP contribution in [-0.4, -0.2) is 52.9 Å². The molecule has 1 aromatic carbocycles. The summed E-state index contributed by atoms with van der Waals surface area (Å²) < 4.78 is 18.7. The Hall–Kier alpha value is -2.28. The van der Waals surface area contributed by atoms with E-state index in [0.717, 1.165) is 75.7 Å². The fourth-order valence-electron chi connectivity index (χ4n) is 5.94. The van der Waals surface area contributed by atoms with E-state index in [0.29, 0.717) is 24.0 Å². The number of carbonyl (C=O) groups is 2. The standard InChI is InChI=1S/C25H32FN3O3/c1-16-4-6-19-21(14-16)25(31)29(24(19)30)11-3-2-10-28-12-8-17(9-13-28)23-20-7-5-18(26)15-22(20)32-27-23/h5,7,15-17,19,21H,2-4,6,8-14H2,1H3. The molecule has 6 nitrogen and oxygen atoms in total. The lowest BCUT2D eigenvalue weighted by molar-refractivity contribution is -0.140. The van der Waals surface area contributed by atoms with Crippen molar-refractivity contribution in [3.8, 4) is 0 Å². The van der Waals surface area contributed by atoms with Crippen molar-refractivity contribution in [2.24, 2.45) is 17.8 Å². The fraction of sp³-hybridized carbons (Fsp3) is 0.640. The van der Waals surface area contributed by atoms with Crippen LogP contribution >= 0.6 is 0 Å². The van der Waals surface area contributed by atoms with Crippen molar-refractivity contribution in [3.05, 3.63) is 29.7 Å². The van der Waals surface area contributed by atoms with Crippen LogP contribution in [0.15, 0.2) is 22.7 Å². The monoisotopic (exact) mass is 441 g/mol. The van der Waals surface area contributed by atoms with Crippen molar-refractivity contribution < 1.29 is 18.5 Å². The molecule has 3 heterocycles. The second kappa shape index (κ2) is 8.93. The van der Waals surface area contributed by atoms with Crippen molar-refractivity contribution >= 4 is 22.8 Å². The average molecular weight is 442 g/mol. The molecule has 7 heteroatoms. The predicted octanol–water partition coefficient (Wildman–Crippen LogP) is 4.35. The summed E-state index contributed by atoms with van der Waals surface area (Å²) in [5, 5.41) is 5.14. The molecule has 0 bridgehead atoms. The summed E-state index contributed by atoms with van der Waals surface area (Å²) >= 11 is 0. The molecule has 0 radical (unpaired) electrons. The molecule has 1 saturated carbocycles. The molecule has 3 unspecified atom stereocenters. The Bertz CT molecular complexity index is 997. The normalized spacial score (nSPS) is 27.4. The van der Waals surface area contributed by atoms with Gasteiger partial charge in [-0.15, -0.1) is 0 Å². The van der Waals surface area contributed by atoms with Crippen LogP contribution in [0.3, 0.4) is 0 Å². The fourth-order valence-corrected chi connectivity index (χ4v) is 5.94. The van der Waals surface area contributed by atoms with Crippen LogP contribution in [0.5, 0.6) is 0 Å². The molecular weight excluding hydrogens is 409 g/mol. The maximum atomic E-state index is 13.4. The Kier molecular flexibility index (Phi) is 6.01. The number of likely N-dealkylation sites (tertiary alicyclic amines) is 2. The average Bonchev–Trinajstić information content (AvgIpc) is 3.30. The maximum Gasteiger partial charge on any atom is 0.233 e. The third kappa shape index (κ3) is 4.07. The second-order valence-electron chi connectivity index (χ2n) is 9.99. The van der Waals surface area contributed by atoms with Gasteiger partial charge in [0.05, 0.1) is 17.5 Å². The first-order chi connectivity index (χ1) is 15.5. The minimum Gasteiger partial charge on any atom is -0.356 e. The minimum atomic E-state index is -0.305. The Morgan fingerprint density at radius 2 is 1.78 bits per heavy atom. The number of benzene rings is 1. The van der Waals surface area contributed by atoms with Crippen LogP contribution in [-0.2, 0) is 9.59 Å². The van der Waals surface area contributed by atoms with Gasteiger partial charge in [-0.25, -0.2) is 4.39 Å². The van der Waals surface area contributed by atoms with Gasteiger partial charge in [-0.05, 0) is 82.6 Å². The van der Waals surface area contributed by atoms with E-state index in [9.17, 15) is 14.0 Å². The zero-order valence-corrected chi connectivity index (χ0v) is 18.8. The highest BCUT2D eigenvalue weighted by Gasteiger charge is 2.48. The van der Waals surface area contributed by atoms with Gasteiger partial charge in [0.1, 0.15) is 5.82 Å². The smallest absolute Gasteiger partial charge is 0.233 e. The van der Waals surface area contributed by atoms with Gasteiger partial charge in [-0.2, -0.15) is 0 Å². The molecule has 2 aliphatic heterocycles. The molecule has 0 spiro atoms. The number of aromatic nitrogens is 1. The van der Waals surface area contributed by atoms with Crippen LogP contribution in [0.1, 0.15) is 63.5 Å². The van der Waals surface area contributed by atoms with E-state index in [1.165, 1.54) is 12.1 Å². The van der Waals surface area contributed by atoms with E-state index >= 15 is 0 Å². The molecule has 0 N–H and O–H groups in total. The SMILES string of the molecule is CC1CCC2C(=O)N(CCCCN3CCC(c4noc5cc(F)ccc45)CC3)C(=O)C2C1. The second-order valence-corrected chi connectivity index (χ2v) is 9.99. The number of unbranched alkanes of at least 4 members (excludes halogenated alkanes) is 1. The number of imide groups is 1. The molecule has 3 aliphatic rings. The van der Waals surface area contributed by atoms with Crippen molar-refractivity contribution in [3.63, 3.8) is 0 Å². The lowest BCUT2D eigenvalue weighted by Crippen LogP contribution is -2.35. The summed E-state index contributed by atoms with van der Waals surface area (Å²) in [6, 6.07) is 4.62. The van der Waals surface area contributed by atoms with Crippen LogP contribution in [0.2, 0.25) is 0 Å². The summed E-state index contributed by atoms with van der Waals surface area (Å²) in [5.74, 6) is 0.618. The number of hydrogen-bond acceptors (Lipinski definition) is 5. The lowest BCUT2D eigenvalue weighted by Gasteiger charge is -2.31. The third-order valence-electron chi connectivity index (χ3n) is 7.82. The molecule has 5 rings (SSSR count). The van der Waals surface area contributed by atoms with Crippen LogP contribution in [0.25, 0.3) is 11.0 Å². The first-order valence-electron chi connectivity index (χ1n) is 12.1. The predicted molar refractivity (Wildman–Crippen MR) is 118 cm³/mol. The maximum absolute atomic E-state index is 13.4. The highest BCUT2D eigenvalue weighted by atomic mass is 19.1. The zero-order chi connectivity index (χ0) is 22.2. The number of carbonyl (C=O) groups excluding carboxylic acids is 2. The Labute approximate surface area is 188 Å². The number of fused-ring (bicyclic) bond motifs is 2. The molecule has 2 saturated heterocycles. The quantitative estimate of drug-likeness (QED) is 0.493. The Balaban J connectivity index is 1.07. The van der Waals surface area contributed by atoms with Gasteiger partial charge in [0.15, 0.2) is 5.58 Å². The van der Waals surface area contributed by atoms with E-state index in [2.05, 4.69) is 17.0 Å². The summed E-state index contributed by atoms with van der Waals surface area (Å²) in [6.07, 6.45) is 6.66. The molecule has 2 amide bonds. The van der Waals surface area contributed by atoms with E-state index in [1.807, 2.05) is 0 Å². The summed E-state index contributed by atoms with van der Waals surface area (Å²) in [7, 11) is 0. The van der Waals surface area contributed by atoms with Crippen LogP contribution in [0.4, 0.5) is 4.39 Å². The molecule has 172 valence electrons. The number of amides is 2. The van der Waals surface area contributed by atoms with E-state index < -0.39 is 0 Å². The van der Waals surface area contributed by atoms with Crippen molar-refractivity contribution in [2.75, 3.05) is 26.2 Å². The lowest BCUT2D eigenvalue weighted by atomic mass is 9.76. The Morgan fingerprint density at radius 3 is 2.59 bits per heavy atom. The van der Waals surface area contributed by atoms with Crippen LogP contribution < -0.4 is 0 Å². The molecule has 1 aromatic heterocycles. The van der Waals surface area contributed by atoms with Crippen molar-refractivity contribution in [1.82, 2.24) is 15.0 Å². The van der Waals surface area contributed by atoms with Gasteiger partial charge in [0.25, 0.3) is 0 Å². The number of piperidine rings is 1. The highest BCUT2D eigenvalue weighted by Crippen LogP contribution is 2.40. The number of rotatable bonds is 6. The third-order valence-corrected chi connectivity index (χ3v) is 7.82. The van der Waals surface area contributed by atoms with Gasteiger partial charge in [-0.1, -0.05) is 12.1 Å². The molecule has 3 atom stereocenters. The number of halogens is 1. The topological polar surface area (TPSA) is 66.7 Å². The van der Waals surface area contributed by atoms with Gasteiger partial charge < -0.3 is 9.42 Å². The van der Waals surface area contributed by atoms with Gasteiger partial charge >= 0.3 is 0 Å². The largest absolute Gasteiger partial charge is 0.356 e. The molecule has 32 heavy (non-hydrogen) atoms. The molecular formula is C25H32FN3O3.